The van der Waals surface area contributed by atoms with Crippen LogP contribution in [0.2, 0.25) is 10.0 Å². The van der Waals surface area contributed by atoms with Gasteiger partial charge in [0.15, 0.2) is 0 Å². The third kappa shape index (κ3) is 4.57. The number of aryl methyl sites for hydroxylation is 1. The third-order valence-electron chi connectivity index (χ3n) is 4.65. The van der Waals surface area contributed by atoms with Crippen LogP contribution < -0.4 is 0 Å². The van der Waals surface area contributed by atoms with Gasteiger partial charge in [-0.25, -0.2) is 0 Å². The van der Waals surface area contributed by atoms with Crippen molar-refractivity contribution in [2.45, 2.75) is 38.0 Å². The van der Waals surface area contributed by atoms with Gasteiger partial charge in [0.1, 0.15) is 5.37 Å². The Hall–Kier alpha value is -1.16. The molecule has 5 heteroatoms. The van der Waals surface area contributed by atoms with Gasteiger partial charge in [-0.15, -0.1) is 11.8 Å². The van der Waals surface area contributed by atoms with E-state index in [0.29, 0.717) is 10.0 Å². The first-order valence-electron chi connectivity index (χ1n) is 9.06. The summed E-state index contributed by atoms with van der Waals surface area (Å²) in [5, 5.41) is 1.16. The fourth-order valence-electron chi connectivity index (χ4n) is 3.20. The SMILES string of the molecule is CCCCCc1ccc(C(=O)N2CCS[C@@H]2c2ccc(Cl)cc2Cl)cc1. The van der Waals surface area contributed by atoms with Gasteiger partial charge < -0.3 is 4.90 Å². The first kappa shape index (κ1) is 19.6. The van der Waals surface area contributed by atoms with Gasteiger partial charge in [-0.05, 0) is 42.7 Å². The molecule has 26 heavy (non-hydrogen) atoms. The molecule has 1 amide bonds. The predicted molar refractivity (Wildman–Crippen MR) is 112 cm³/mol. The average Bonchev–Trinajstić information content (AvgIpc) is 3.11. The predicted octanol–water partition coefficient (Wildman–Crippen LogP) is 6.61. The fraction of sp³-hybridized carbons (Fsp3) is 0.381. The summed E-state index contributed by atoms with van der Waals surface area (Å²) in [4.78, 5) is 14.9. The minimum atomic E-state index is -0.0588. The van der Waals surface area contributed by atoms with Crippen LogP contribution in [0.4, 0.5) is 0 Å². The maximum Gasteiger partial charge on any atom is 0.255 e. The molecule has 0 radical (unpaired) electrons. The van der Waals surface area contributed by atoms with Gasteiger partial charge in [-0.1, -0.05) is 61.2 Å². The van der Waals surface area contributed by atoms with Crippen molar-refractivity contribution in [3.63, 3.8) is 0 Å². The van der Waals surface area contributed by atoms with E-state index in [1.54, 1.807) is 17.8 Å². The Morgan fingerprint density at radius 1 is 1.15 bits per heavy atom. The van der Waals surface area contributed by atoms with E-state index in [4.69, 9.17) is 23.2 Å². The number of hydrogen-bond donors (Lipinski definition) is 0. The minimum absolute atomic E-state index is 0.0588. The zero-order chi connectivity index (χ0) is 18.5. The Balaban J connectivity index is 1.73. The summed E-state index contributed by atoms with van der Waals surface area (Å²) in [6.07, 6.45) is 4.74. The Morgan fingerprint density at radius 3 is 2.62 bits per heavy atom. The number of benzene rings is 2. The van der Waals surface area contributed by atoms with Crippen LogP contribution in [0.3, 0.4) is 0 Å². The van der Waals surface area contributed by atoms with E-state index in [2.05, 4.69) is 19.1 Å². The van der Waals surface area contributed by atoms with Crippen LogP contribution in [-0.4, -0.2) is 23.1 Å². The molecule has 0 saturated carbocycles. The lowest BCUT2D eigenvalue weighted by Gasteiger charge is -2.25. The van der Waals surface area contributed by atoms with Crippen LogP contribution in [0.25, 0.3) is 0 Å². The highest BCUT2D eigenvalue weighted by atomic mass is 35.5. The highest BCUT2D eigenvalue weighted by molar-refractivity contribution is 7.99. The number of rotatable bonds is 6. The molecule has 1 fully saturated rings. The van der Waals surface area contributed by atoms with E-state index in [0.717, 1.165) is 29.8 Å². The quantitative estimate of drug-likeness (QED) is 0.501. The summed E-state index contributed by atoms with van der Waals surface area (Å²) in [6, 6.07) is 13.6. The lowest BCUT2D eigenvalue weighted by molar-refractivity contribution is 0.0760. The standard InChI is InChI=1S/C21H23Cl2NOS/c1-2-3-4-5-15-6-8-16(9-7-15)20(25)24-12-13-26-21(24)18-11-10-17(22)14-19(18)23/h6-11,14,21H,2-5,12-13H2,1H3/t21-/m1/s1. The van der Waals surface area contributed by atoms with Gasteiger partial charge in [-0.2, -0.15) is 0 Å². The lowest BCUT2D eigenvalue weighted by Crippen LogP contribution is -2.30. The zero-order valence-corrected chi connectivity index (χ0v) is 17.2. The molecule has 2 aromatic carbocycles. The first-order valence-corrected chi connectivity index (χ1v) is 10.9. The zero-order valence-electron chi connectivity index (χ0n) is 14.9. The maximum atomic E-state index is 13.0. The van der Waals surface area contributed by atoms with Crippen molar-refractivity contribution in [2.75, 3.05) is 12.3 Å². The van der Waals surface area contributed by atoms with Crippen molar-refractivity contribution in [2.24, 2.45) is 0 Å². The molecule has 1 heterocycles. The number of nitrogens with zero attached hydrogens (tertiary/aromatic N) is 1. The number of hydrogen-bond acceptors (Lipinski definition) is 2. The van der Waals surface area contributed by atoms with Crippen LogP contribution in [0.5, 0.6) is 0 Å². The molecule has 0 unspecified atom stereocenters. The van der Waals surface area contributed by atoms with Crippen molar-refractivity contribution >= 4 is 40.9 Å². The first-order chi connectivity index (χ1) is 12.6. The largest absolute Gasteiger partial charge is 0.322 e. The second-order valence-electron chi connectivity index (χ2n) is 6.54. The highest BCUT2D eigenvalue weighted by Crippen LogP contribution is 2.42. The van der Waals surface area contributed by atoms with Crippen LogP contribution in [0.1, 0.15) is 53.0 Å². The summed E-state index contributed by atoms with van der Waals surface area (Å²) in [5.74, 6) is 0.968. The van der Waals surface area contributed by atoms with Crippen LogP contribution in [0, 0.1) is 0 Å². The number of halogens is 2. The summed E-state index contributed by atoms with van der Waals surface area (Å²) in [6.45, 7) is 2.94. The van der Waals surface area contributed by atoms with Gasteiger partial charge >= 0.3 is 0 Å². The van der Waals surface area contributed by atoms with Gasteiger partial charge in [0.05, 0.1) is 0 Å². The number of thioether (sulfide) groups is 1. The van der Waals surface area contributed by atoms with E-state index in [1.165, 1.54) is 24.8 Å². The molecule has 138 valence electrons. The molecule has 2 aromatic rings. The minimum Gasteiger partial charge on any atom is -0.322 e. The average molecular weight is 408 g/mol. The van der Waals surface area contributed by atoms with Gasteiger partial charge in [0, 0.05) is 33.5 Å². The highest BCUT2D eigenvalue weighted by Gasteiger charge is 2.32. The number of amides is 1. The second kappa shape index (κ2) is 9.16. The van der Waals surface area contributed by atoms with E-state index >= 15 is 0 Å². The summed E-state index contributed by atoms with van der Waals surface area (Å²) < 4.78 is 0. The summed E-state index contributed by atoms with van der Waals surface area (Å²) in [7, 11) is 0. The van der Waals surface area contributed by atoms with Crippen LogP contribution >= 0.6 is 35.0 Å². The number of carbonyl (C=O) groups excluding carboxylic acids is 1. The Bertz CT molecular complexity index is 763. The van der Waals surface area contributed by atoms with Crippen molar-refractivity contribution in [3.05, 3.63) is 69.2 Å². The Kier molecular flexibility index (Phi) is 6.91. The second-order valence-corrected chi connectivity index (χ2v) is 8.57. The third-order valence-corrected chi connectivity index (χ3v) is 6.46. The van der Waals surface area contributed by atoms with Gasteiger partial charge in [0.25, 0.3) is 5.91 Å². The van der Waals surface area contributed by atoms with Crippen molar-refractivity contribution in [1.29, 1.82) is 0 Å². The smallest absolute Gasteiger partial charge is 0.255 e. The monoisotopic (exact) mass is 407 g/mol. The maximum absolute atomic E-state index is 13.0. The molecule has 0 N–H and O–H groups in total. The molecule has 0 aromatic heterocycles. The molecule has 0 bridgehead atoms. The van der Waals surface area contributed by atoms with Crippen molar-refractivity contribution < 1.29 is 4.79 Å². The molecule has 0 aliphatic carbocycles. The molecule has 1 aliphatic rings. The topological polar surface area (TPSA) is 20.3 Å². The van der Waals surface area contributed by atoms with Crippen LogP contribution in [-0.2, 0) is 6.42 Å². The molecule has 1 saturated heterocycles. The normalized spacial score (nSPS) is 16.9. The van der Waals surface area contributed by atoms with Gasteiger partial charge in [0.2, 0.25) is 0 Å². The molecule has 0 spiro atoms. The van der Waals surface area contributed by atoms with Crippen LogP contribution in [0.15, 0.2) is 42.5 Å². The van der Waals surface area contributed by atoms with Crippen molar-refractivity contribution in [3.8, 4) is 0 Å². The van der Waals surface area contributed by atoms with Gasteiger partial charge in [-0.3, -0.25) is 4.79 Å². The molecular weight excluding hydrogens is 385 g/mol. The van der Waals surface area contributed by atoms with E-state index < -0.39 is 0 Å². The number of unbranched alkanes of at least 4 members (excludes halogenated alkanes) is 2. The van der Waals surface area contributed by atoms with E-state index in [1.807, 2.05) is 29.2 Å². The van der Waals surface area contributed by atoms with E-state index in [-0.39, 0.29) is 11.3 Å². The molecule has 2 nitrogen and oxygen atoms in total. The fourth-order valence-corrected chi connectivity index (χ4v) is 5.06. The molecule has 1 atom stereocenters. The summed E-state index contributed by atoms with van der Waals surface area (Å²) >= 11 is 14.1. The summed E-state index contributed by atoms with van der Waals surface area (Å²) in [5.41, 5.74) is 2.98. The molecule has 3 rings (SSSR count). The lowest BCUT2D eigenvalue weighted by atomic mass is 10.0. The van der Waals surface area contributed by atoms with E-state index in [9.17, 15) is 4.79 Å². The molecular formula is C21H23Cl2NOS. The Labute approximate surface area is 169 Å². The molecule has 1 aliphatic heterocycles. The van der Waals surface area contributed by atoms with Crippen molar-refractivity contribution in [1.82, 2.24) is 4.90 Å². The Morgan fingerprint density at radius 2 is 1.92 bits per heavy atom. The number of carbonyl (C=O) groups is 1.